The van der Waals surface area contributed by atoms with Crippen molar-refractivity contribution < 1.29 is 19.8 Å². The van der Waals surface area contributed by atoms with Crippen LogP contribution in [0.2, 0.25) is 0 Å². The summed E-state index contributed by atoms with van der Waals surface area (Å²) in [5, 5.41) is 21.3. The SMILES string of the molecule is Cc1ccc(-c2nc3ccccc3c(=O)n2-c2ccc(C(=O)NN3C(=O)/C(=C/c4cc(Br)ccc4O)SC3c3ccc(O)cc3)cc2)cc1. The van der Waals surface area contributed by atoms with Crippen molar-refractivity contribution >= 4 is 56.5 Å². The Balaban J connectivity index is 1.22. The Kier molecular flexibility index (Phi) is 8.53. The van der Waals surface area contributed by atoms with Gasteiger partial charge in [0.05, 0.1) is 21.5 Å². The highest BCUT2D eigenvalue weighted by Crippen LogP contribution is 2.46. The van der Waals surface area contributed by atoms with Gasteiger partial charge in [-0.05, 0) is 85.3 Å². The summed E-state index contributed by atoms with van der Waals surface area (Å²) in [6.45, 7) is 1.99. The minimum atomic E-state index is -0.656. The van der Waals surface area contributed by atoms with Gasteiger partial charge in [-0.15, -0.1) is 0 Å². The Hall–Kier alpha value is -5.65. The number of carbonyl (C=O) groups is 2. The number of nitrogens with one attached hydrogen (secondary N) is 1. The van der Waals surface area contributed by atoms with E-state index in [1.54, 1.807) is 72.8 Å². The summed E-state index contributed by atoms with van der Waals surface area (Å²) in [5.41, 5.74) is 6.80. The van der Waals surface area contributed by atoms with Gasteiger partial charge in [-0.2, -0.15) is 0 Å². The molecule has 1 aromatic heterocycles. The number of para-hydroxylation sites is 1. The predicted molar refractivity (Wildman–Crippen MR) is 194 cm³/mol. The zero-order valence-electron chi connectivity index (χ0n) is 25.9. The van der Waals surface area contributed by atoms with Gasteiger partial charge in [0, 0.05) is 21.2 Å². The lowest BCUT2D eigenvalue weighted by Gasteiger charge is -2.24. The van der Waals surface area contributed by atoms with Crippen LogP contribution in [0.3, 0.4) is 0 Å². The van der Waals surface area contributed by atoms with Crippen molar-refractivity contribution in [3.63, 3.8) is 0 Å². The number of rotatable bonds is 6. The van der Waals surface area contributed by atoms with E-state index in [9.17, 15) is 24.6 Å². The molecule has 1 aliphatic heterocycles. The number of fused-ring (bicyclic) bond motifs is 1. The van der Waals surface area contributed by atoms with Crippen LogP contribution in [0.15, 0.2) is 129 Å². The van der Waals surface area contributed by atoms with Gasteiger partial charge in [0.1, 0.15) is 22.7 Å². The van der Waals surface area contributed by atoms with Crippen LogP contribution in [0.5, 0.6) is 11.5 Å². The first-order valence-corrected chi connectivity index (χ1v) is 16.8. The molecule has 0 aliphatic carbocycles. The van der Waals surface area contributed by atoms with Crippen LogP contribution in [-0.4, -0.2) is 36.6 Å². The van der Waals surface area contributed by atoms with Crippen molar-refractivity contribution in [3.8, 4) is 28.6 Å². The minimum absolute atomic E-state index is 0.000820. The largest absolute Gasteiger partial charge is 0.508 e. The summed E-state index contributed by atoms with van der Waals surface area (Å²) in [6, 6.07) is 32.7. The highest BCUT2D eigenvalue weighted by molar-refractivity contribution is 9.10. The molecule has 0 bridgehead atoms. The molecule has 1 fully saturated rings. The predicted octanol–water partition coefficient (Wildman–Crippen LogP) is 7.49. The van der Waals surface area contributed by atoms with Crippen molar-refractivity contribution in [2.75, 3.05) is 0 Å². The number of benzene rings is 5. The molecule has 7 rings (SSSR count). The molecule has 6 aromatic rings. The number of aromatic nitrogens is 2. The number of phenols is 2. The molecule has 11 heteroatoms. The standard InChI is InChI=1S/C38H27BrN4O5S/c1-22-6-8-23(9-7-22)34-40-31-5-3-2-4-30(31)36(47)42(34)28-15-10-24(11-16-28)35(46)41-43-37(48)33(21-26-20-27(39)14-19-32(26)45)49-38(43)25-12-17-29(44)18-13-25/h2-21,38,44-45H,1H3,(H,41,46)/b33-21-. The maximum Gasteiger partial charge on any atom is 0.280 e. The lowest BCUT2D eigenvalue weighted by atomic mass is 10.1. The summed E-state index contributed by atoms with van der Waals surface area (Å²) in [6.07, 6.45) is 1.57. The number of amides is 2. The van der Waals surface area contributed by atoms with E-state index >= 15 is 0 Å². The number of hydrogen-bond acceptors (Lipinski definition) is 7. The van der Waals surface area contributed by atoms with Gasteiger partial charge in [-0.25, -0.2) is 9.99 Å². The number of phenolic OH excluding ortho intramolecular Hbond substituents is 2. The van der Waals surface area contributed by atoms with Gasteiger partial charge >= 0.3 is 0 Å². The average molecular weight is 732 g/mol. The van der Waals surface area contributed by atoms with Gasteiger partial charge in [0.2, 0.25) is 0 Å². The Labute approximate surface area is 293 Å². The lowest BCUT2D eigenvalue weighted by molar-refractivity contribution is -0.128. The van der Waals surface area contributed by atoms with E-state index in [-0.39, 0.29) is 22.6 Å². The number of aryl methyl sites for hydroxylation is 1. The van der Waals surface area contributed by atoms with Crippen molar-refractivity contribution in [2.45, 2.75) is 12.3 Å². The maximum atomic E-state index is 13.8. The molecule has 2 heterocycles. The number of nitrogens with zero attached hydrogens (tertiary/aromatic N) is 3. The monoisotopic (exact) mass is 730 g/mol. The Morgan fingerprint density at radius 1 is 0.898 bits per heavy atom. The molecule has 1 unspecified atom stereocenters. The molecule has 5 aromatic carbocycles. The van der Waals surface area contributed by atoms with E-state index in [1.807, 2.05) is 37.3 Å². The van der Waals surface area contributed by atoms with Gasteiger partial charge in [0.15, 0.2) is 0 Å². The van der Waals surface area contributed by atoms with Gasteiger partial charge in [0.25, 0.3) is 17.4 Å². The third-order valence-electron chi connectivity index (χ3n) is 8.05. The summed E-state index contributed by atoms with van der Waals surface area (Å²) >= 11 is 4.60. The maximum absolute atomic E-state index is 13.8. The molecule has 3 N–H and O–H groups in total. The van der Waals surface area contributed by atoms with Crippen LogP contribution in [-0.2, 0) is 4.79 Å². The van der Waals surface area contributed by atoms with Crippen LogP contribution in [0.4, 0.5) is 0 Å². The third kappa shape index (κ3) is 6.33. The van der Waals surface area contributed by atoms with Crippen molar-refractivity contribution in [1.29, 1.82) is 0 Å². The molecule has 0 saturated carbocycles. The molecule has 0 spiro atoms. The van der Waals surface area contributed by atoms with E-state index in [2.05, 4.69) is 21.4 Å². The average Bonchev–Trinajstić information content (AvgIpc) is 3.40. The Bertz CT molecular complexity index is 2340. The van der Waals surface area contributed by atoms with Crippen LogP contribution < -0.4 is 11.0 Å². The van der Waals surface area contributed by atoms with E-state index < -0.39 is 17.2 Å². The summed E-state index contributed by atoms with van der Waals surface area (Å²) in [4.78, 5) is 46.3. The van der Waals surface area contributed by atoms with Crippen LogP contribution in [0.25, 0.3) is 34.1 Å². The lowest BCUT2D eigenvalue weighted by Crippen LogP contribution is -2.44. The second kappa shape index (κ2) is 13.1. The van der Waals surface area contributed by atoms with E-state index in [0.29, 0.717) is 38.4 Å². The molecule has 2 amide bonds. The van der Waals surface area contributed by atoms with E-state index in [1.165, 1.54) is 39.5 Å². The first-order valence-electron chi connectivity index (χ1n) is 15.2. The number of hydrazine groups is 1. The second-order valence-electron chi connectivity index (χ2n) is 11.4. The van der Waals surface area contributed by atoms with Crippen LogP contribution in [0.1, 0.15) is 32.4 Å². The molecular weight excluding hydrogens is 704 g/mol. The zero-order chi connectivity index (χ0) is 34.2. The summed E-state index contributed by atoms with van der Waals surface area (Å²) in [7, 11) is 0. The topological polar surface area (TPSA) is 125 Å². The normalized spacial score (nSPS) is 15.2. The van der Waals surface area contributed by atoms with Gasteiger partial charge in [-0.3, -0.25) is 24.4 Å². The Morgan fingerprint density at radius 2 is 1.61 bits per heavy atom. The third-order valence-corrected chi connectivity index (χ3v) is 9.80. The van der Waals surface area contributed by atoms with E-state index in [4.69, 9.17) is 4.98 Å². The quantitative estimate of drug-likeness (QED) is 0.152. The molecule has 1 aliphatic rings. The smallest absolute Gasteiger partial charge is 0.280 e. The molecule has 9 nitrogen and oxygen atoms in total. The van der Waals surface area contributed by atoms with Crippen molar-refractivity contribution in [1.82, 2.24) is 20.0 Å². The molecule has 1 atom stereocenters. The first kappa shape index (κ1) is 31.9. The number of aromatic hydroxyl groups is 2. The summed E-state index contributed by atoms with van der Waals surface area (Å²) < 4.78 is 2.26. The zero-order valence-corrected chi connectivity index (χ0v) is 28.3. The highest BCUT2D eigenvalue weighted by Gasteiger charge is 2.39. The fraction of sp³-hybridized carbons (Fsp3) is 0.0526. The van der Waals surface area contributed by atoms with E-state index in [0.717, 1.165) is 15.6 Å². The molecule has 0 radical (unpaired) electrons. The fourth-order valence-electron chi connectivity index (χ4n) is 5.50. The van der Waals surface area contributed by atoms with Gasteiger partial charge in [-0.1, -0.05) is 81.8 Å². The Morgan fingerprint density at radius 3 is 2.35 bits per heavy atom. The number of carbonyl (C=O) groups excluding carboxylic acids is 2. The second-order valence-corrected chi connectivity index (χ2v) is 13.4. The molecular formula is C38H27BrN4O5S. The highest BCUT2D eigenvalue weighted by atomic mass is 79.9. The van der Waals surface area contributed by atoms with Crippen LogP contribution >= 0.6 is 27.7 Å². The van der Waals surface area contributed by atoms with Crippen molar-refractivity contribution in [3.05, 3.63) is 157 Å². The summed E-state index contributed by atoms with van der Waals surface area (Å²) in [5.74, 6) is -0.482. The molecule has 1 saturated heterocycles. The van der Waals surface area contributed by atoms with Crippen molar-refractivity contribution in [2.24, 2.45) is 0 Å². The molecule has 49 heavy (non-hydrogen) atoms. The number of thioether (sulfide) groups is 1. The number of hydrogen-bond donors (Lipinski definition) is 3. The molecule has 242 valence electrons. The first-order chi connectivity index (χ1) is 23.7. The van der Waals surface area contributed by atoms with Gasteiger partial charge < -0.3 is 10.2 Å². The number of halogens is 1. The fourth-order valence-corrected chi connectivity index (χ4v) is 7.06. The van der Waals surface area contributed by atoms with Crippen LogP contribution in [0, 0.1) is 6.92 Å². The minimum Gasteiger partial charge on any atom is -0.508 e.